The van der Waals surface area contributed by atoms with E-state index in [1.54, 1.807) is 5.57 Å². The standard InChI is InChI=1S/C14H22O3S2/c1-9-3-4-11-12-7-10(14(9)11)8-13(12)18-5-2-6-19(15,16)17/h7,9-11,13-14H,2-6,8H2,1H3,(H,15,16,17)/t9?,10-,11+,13+,14-/m1/s1. The second-order valence-corrected chi connectivity index (χ2v) is 9.19. The third-order valence-electron chi connectivity index (χ3n) is 5.11. The van der Waals surface area contributed by atoms with E-state index >= 15 is 0 Å². The van der Waals surface area contributed by atoms with Crippen LogP contribution in [0.1, 0.15) is 32.6 Å². The molecule has 19 heavy (non-hydrogen) atoms. The Balaban J connectivity index is 1.49. The van der Waals surface area contributed by atoms with Crippen molar-refractivity contribution in [2.24, 2.45) is 23.7 Å². The Kier molecular flexibility index (Phi) is 3.73. The Morgan fingerprint density at radius 1 is 1.42 bits per heavy atom. The zero-order valence-corrected chi connectivity index (χ0v) is 12.9. The lowest BCUT2D eigenvalue weighted by molar-refractivity contribution is 0.268. The molecule has 0 saturated heterocycles. The highest BCUT2D eigenvalue weighted by molar-refractivity contribution is 8.00. The summed E-state index contributed by atoms with van der Waals surface area (Å²) in [5, 5.41) is 0.623. The smallest absolute Gasteiger partial charge is 0.264 e. The first-order valence-electron chi connectivity index (χ1n) is 7.24. The highest BCUT2D eigenvalue weighted by atomic mass is 32.2. The molecule has 1 unspecified atom stereocenters. The normalized spacial score (nSPS) is 40.5. The predicted molar refractivity (Wildman–Crippen MR) is 78.8 cm³/mol. The van der Waals surface area contributed by atoms with Crippen molar-refractivity contribution in [3.63, 3.8) is 0 Å². The summed E-state index contributed by atoms with van der Waals surface area (Å²) in [7, 11) is -3.78. The molecule has 0 amide bonds. The van der Waals surface area contributed by atoms with Crippen LogP contribution in [0.5, 0.6) is 0 Å². The molecule has 5 heteroatoms. The predicted octanol–water partition coefficient (Wildman–Crippen LogP) is 2.99. The number of hydrogen-bond donors (Lipinski definition) is 1. The van der Waals surface area contributed by atoms with Crippen LogP contribution in [0, 0.1) is 23.7 Å². The van der Waals surface area contributed by atoms with Crippen molar-refractivity contribution in [1.82, 2.24) is 0 Å². The molecule has 0 spiro atoms. The SMILES string of the molecule is CC1CC[C@H]2C3=C[C@H](C[C@@H]3SCCCS(=O)(=O)O)[C@@H]12. The van der Waals surface area contributed by atoms with Gasteiger partial charge in [-0.15, -0.1) is 0 Å². The van der Waals surface area contributed by atoms with E-state index in [2.05, 4.69) is 13.0 Å². The maximum absolute atomic E-state index is 10.7. The first kappa shape index (κ1) is 14.0. The molecule has 1 fully saturated rings. The molecule has 0 heterocycles. The summed E-state index contributed by atoms with van der Waals surface area (Å²) in [5.41, 5.74) is 1.66. The van der Waals surface area contributed by atoms with E-state index in [-0.39, 0.29) is 5.75 Å². The van der Waals surface area contributed by atoms with E-state index < -0.39 is 10.1 Å². The largest absolute Gasteiger partial charge is 0.286 e. The number of allylic oxidation sites excluding steroid dienone is 1. The highest BCUT2D eigenvalue weighted by Gasteiger charge is 2.50. The van der Waals surface area contributed by atoms with E-state index in [1.165, 1.54) is 19.3 Å². The molecule has 1 N–H and O–H groups in total. The van der Waals surface area contributed by atoms with E-state index in [1.807, 2.05) is 11.8 Å². The lowest BCUT2D eigenvalue weighted by Crippen LogP contribution is -2.27. The first-order valence-corrected chi connectivity index (χ1v) is 9.90. The van der Waals surface area contributed by atoms with Crippen LogP contribution < -0.4 is 0 Å². The molecule has 0 aliphatic heterocycles. The van der Waals surface area contributed by atoms with E-state index in [4.69, 9.17) is 4.55 Å². The van der Waals surface area contributed by atoms with E-state index in [9.17, 15) is 8.42 Å². The Labute approximate surface area is 120 Å². The molecule has 0 aromatic rings. The zero-order valence-electron chi connectivity index (χ0n) is 11.3. The molecule has 0 radical (unpaired) electrons. The highest BCUT2D eigenvalue weighted by Crippen LogP contribution is 2.59. The van der Waals surface area contributed by atoms with E-state index in [0.717, 1.165) is 29.4 Å². The van der Waals surface area contributed by atoms with Crippen LogP contribution >= 0.6 is 11.8 Å². The van der Waals surface area contributed by atoms with Crippen molar-refractivity contribution in [2.45, 2.75) is 37.9 Å². The Bertz CT molecular complexity index is 483. The molecule has 0 aromatic heterocycles. The lowest BCUT2D eigenvalue weighted by atomic mass is 9.77. The number of rotatable bonds is 5. The summed E-state index contributed by atoms with van der Waals surface area (Å²) < 4.78 is 30.1. The average molecular weight is 302 g/mol. The molecule has 3 rings (SSSR count). The monoisotopic (exact) mass is 302 g/mol. The Morgan fingerprint density at radius 2 is 2.21 bits per heavy atom. The fourth-order valence-electron chi connectivity index (χ4n) is 4.40. The third kappa shape index (κ3) is 2.74. The molecule has 3 aliphatic carbocycles. The van der Waals surface area contributed by atoms with Gasteiger partial charge in [0.25, 0.3) is 10.1 Å². The van der Waals surface area contributed by atoms with Gasteiger partial charge in [-0.3, -0.25) is 4.55 Å². The zero-order chi connectivity index (χ0) is 13.6. The van der Waals surface area contributed by atoms with Crippen molar-refractivity contribution in [3.05, 3.63) is 11.6 Å². The van der Waals surface area contributed by atoms with Crippen LogP contribution in [0.4, 0.5) is 0 Å². The Morgan fingerprint density at radius 3 is 2.95 bits per heavy atom. The summed E-state index contributed by atoms with van der Waals surface area (Å²) in [4.78, 5) is 0. The van der Waals surface area contributed by atoms with Gasteiger partial charge in [-0.05, 0) is 55.1 Å². The van der Waals surface area contributed by atoms with Gasteiger partial charge in [-0.2, -0.15) is 20.2 Å². The van der Waals surface area contributed by atoms with Crippen LogP contribution in [0.15, 0.2) is 11.6 Å². The molecule has 3 aliphatic rings. The molecule has 0 aromatic carbocycles. The number of fused-ring (bicyclic) bond motifs is 4. The van der Waals surface area contributed by atoms with Gasteiger partial charge in [0.1, 0.15) is 0 Å². The molecule has 2 bridgehead atoms. The third-order valence-corrected chi connectivity index (χ3v) is 7.30. The second kappa shape index (κ2) is 5.08. The van der Waals surface area contributed by atoms with Gasteiger partial charge < -0.3 is 0 Å². The molecule has 1 saturated carbocycles. The van der Waals surface area contributed by atoms with Crippen molar-refractivity contribution >= 4 is 21.9 Å². The average Bonchev–Trinajstić information content (AvgIpc) is 2.96. The molecular weight excluding hydrogens is 280 g/mol. The fourth-order valence-corrected chi connectivity index (χ4v) is 6.49. The summed E-state index contributed by atoms with van der Waals surface area (Å²) in [5.74, 6) is 4.14. The fraction of sp³-hybridized carbons (Fsp3) is 0.857. The summed E-state index contributed by atoms with van der Waals surface area (Å²) in [6.07, 6.45) is 7.07. The van der Waals surface area contributed by atoms with Crippen LogP contribution in [0.25, 0.3) is 0 Å². The van der Waals surface area contributed by atoms with Crippen molar-refractivity contribution in [1.29, 1.82) is 0 Å². The van der Waals surface area contributed by atoms with Gasteiger partial charge in [0.15, 0.2) is 0 Å². The van der Waals surface area contributed by atoms with Gasteiger partial charge in [0.05, 0.1) is 5.75 Å². The maximum atomic E-state index is 10.7. The molecular formula is C14H22O3S2. The first-order chi connectivity index (χ1) is 8.96. The molecule has 5 atom stereocenters. The van der Waals surface area contributed by atoms with Crippen LogP contribution in [-0.2, 0) is 10.1 Å². The van der Waals surface area contributed by atoms with Gasteiger partial charge in [-0.1, -0.05) is 18.6 Å². The summed E-state index contributed by atoms with van der Waals surface area (Å²) in [6, 6.07) is 0. The topological polar surface area (TPSA) is 54.4 Å². The van der Waals surface area contributed by atoms with Crippen LogP contribution in [0.3, 0.4) is 0 Å². The molecule has 108 valence electrons. The van der Waals surface area contributed by atoms with E-state index in [0.29, 0.717) is 11.7 Å². The minimum absolute atomic E-state index is 0.0989. The number of thioether (sulfide) groups is 1. The van der Waals surface area contributed by atoms with Crippen LogP contribution in [0.2, 0.25) is 0 Å². The van der Waals surface area contributed by atoms with Crippen LogP contribution in [-0.4, -0.2) is 29.7 Å². The summed E-state index contributed by atoms with van der Waals surface area (Å²) >= 11 is 1.89. The van der Waals surface area contributed by atoms with Gasteiger partial charge in [-0.25, -0.2) is 0 Å². The Hall–Kier alpha value is -0.0000000000000000763. The minimum Gasteiger partial charge on any atom is -0.286 e. The maximum Gasteiger partial charge on any atom is 0.264 e. The second-order valence-electron chi connectivity index (χ2n) is 6.30. The van der Waals surface area contributed by atoms with Crippen molar-refractivity contribution < 1.29 is 13.0 Å². The minimum atomic E-state index is -3.78. The summed E-state index contributed by atoms with van der Waals surface area (Å²) in [6.45, 7) is 2.40. The van der Waals surface area contributed by atoms with Gasteiger partial charge >= 0.3 is 0 Å². The lowest BCUT2D eigenvalue weighted by Gasteiger charge is -2.32. The quantitative estimate of drug-likeness (QED) is 0.482. The van der Waals surface area contributed by atoms with Crippen molar-refractivity contribution in [2.75, 3.05) is 11.5 Å². The molecule has 3 nitrogen and oxygen atoms in total. The number of hydrogen-bond acceptors (Lipinski definition) is 3. The van der Waals surface area contributed by atoms with Gasteiger partial charge in [0, 0.05) is 5.25 Å². The van der Waals surface area contributed by atoms with Gasteiger partial charge in [0.2, 0.25) is 0 Å². The van der Waals surface area contributed by atoms with Crippen molar-refractivity contribution in [3.8, 4) is 0 Å².